The van der Waals surface area contributed by atoms with Gasteiger partial charge in [-0.2, -0.15) is 0 Å². The van der Waals surface area contributed by atoms with Crippen molar-refractivity contribution in [2.75, 3.05) is 0 Å². The highest BCUT2D eigenvalue weighted by molar-refractivity contribution is 5.88. The average Bonchev–Trinajstić information content (AvgIpc) is 2.85. The third kappa shape index (κ3) is 2.13. The van der Waals surface area contributed by atoms with E-state index >= 15 is 0 Å². The molecule has 4 aliphatic carbocycles. The van der Waals surface area contributed by atoms with Crippen molar-refractivity contribution in [3.8, 4) is 0 Å². The second kappa shape index (κ2) is 5.27. The molecule has 0 aromatic rings. The molecule has 4 aliphatic rings. The second-order valence-electron chi connectivity index (χ2n) is 10.4. The molecule has 0 unspecified atom stereocenters. The third-order valence-corrected chi connectivity index (χ3v) is 9.20. The predicted molar refractivity (Wildman–Crippen MR) is 95.9 cm³/mol. The number of hydrogen-bond acceptors (Lipinski definition) is 3. The molecule has 3 nitrogen and oxygen atoms in total. The summed E-state index contributed by atoms with van der Waals surface area (Å²) in [6, 6.07) is 0. The maximum Gasteiger partial charge on any atom is 0.137 e. The second-order valence-corrected chi connectivity index (χ2v) is 10.4. The third-order valence-electron chi connectivity index (χ3n) is 9.20. The van der Waals surface area contributed by atoms with Crippen LogP contribution < -0.4 is 0 Å². The van der Waals surface area contributed by atoms with Gasteiger partial charge < -0.3 is 0 Å². The van der Waals surface area contributed by atoms with Gasteiger partial charge in [-0.25, -0.2) is 0 Å². The molecule has 7 atom stereocenters. The van der Waals surface area contributed by atoms with E-state index in [0.29, 0.717) is 42.7 Å². The van der Waals surface area contributed by atoms with Crippen LogP contribution in [0.2, 0.25) is 0 Å². The molecule has 4 saturated carbocycles. The number of rotatable bonds is 1. The number of hydrogen-bond donors (Lipinski definition) is 0. The van der Waals surface area contributed by atoms with Crippen LogP contribution in [0, 0.1) is 39.9 Å². The van der Waals surface area contributed by atoms with Crippen LogP contribution in [0.15, 0.2) is 0 Å². The van der Waals surface area contributed by atoms with Crippen molar-refractivity contribution in [1.82, 2.24) is 0 Å². The van der Waals surface area contributed by atoms with E-state index < -0.39 is 0 Å². The highest BCUT2D eigenvalue weighted by atomic mass is 16.1. The fraction of sp³-hybridized carbons (Fsp3) is 0.864. The van der Waals surface area contributed by atoms with Crippen LogP contribution >= 0.6 is 0 Å². The highest BCUT2D eigenvalue weighted by Crippen LogP contribution is 2.71. The molecule has 3 heteroatoms. The van der Waals surface area contributed by atoms with Crippen molar-refractivity contribution in [1.29, 1.82) is 0 Å². The molecule has 0 N–H and O–H groups in total. The Morgan fingerprint density at radius 2 is 1.68 bits per heavy atom. The van der Waals surface area contributed by atoms with Crippen LogP contribution in [0.3, 0.4) is 0 Å². The van der Waals surface area contributed by atoms with Gasteiger partial charge in [0.15, 0.2) is 0 Å². The van der Waals surface area contributed by atoms with Gasteiger partial charge in [-0.1, -0.05) is 20.8 Å². The van der Waals surface area contributed by atoms with E-state index in [1.807, 2.05) is 0 Å². The van der Waals surface area contributed by atoms with Crippen molar-refractivity contribution >= 4 is 17.3 Å². The van der Waals surface area contributed by atoms with Crippen molar-refractivity contribution in [2.24, 2.45) is 39.9 Å². The van der Waals surface area contributed by atoms with Crippen LogP contribution in [0.4, 0.5) is 0 Å². The van der Waals surface area contributed by atoms with Crippen molar-refractivity contribution in [2.45, 2.75) is 79.1 Å². The van der Waals surface area contributed by atoms with E-state index in [1.54, 1.807) is 6.92 Å². The number of carbonyl (C=O) groups is 3. The first kappa shape index (κ1) is 17.4. The number of fused-ring (bicyclic) bond motifs is 5. The minimum Gasteiger partial charge on any atom is -0.300 e. The van der Waals surface area contributed by atoms with E-state index in [4.69, 9.17) is 0 Å². The van der Waals surface area contributed by atoms with Gasteiger partial charge in [-0.05, 0) is 67.1 Å². The summed E-state index contributed by atoms with van der Waals surface area (Å²) in [6.45, 7) is 8.57. The number of Topliss-reactive ketones (excluding diaryl/α,β-unsaturated/α-hetero) is 3. The first-order valence-electron chi connectivity index (χ1n) is 10.2. The summed E-state index contributed by atoms with van der Waals surface area (Å²) in [5.74, 6) is 2.01. The predicted octanol–water partition coefficient (Wildman–Crippen LogP) is 4.37. The Morgan fingerprint density at radius 3 is 2.36 bits per heavy atom. The molecular weight excluding hydrogens is 312 g/mol. The van der Waals surface area contributed by atoms with E-state index in [1.165, 1.54) is 0 Å². The van der Waals surface area contributed by atoms with Crippen LogP contribution in [0.25, 0.3) is 0 Å². The Bertz CT molecular complexity index is 652. The summed E-state index contributed by atoms with van der Waals surface area (Å²) in [5, 5.41) is 0. The Balaban J connectivity index is 1.76. The summed E-state index contributed by atoms with van der Waals surface area (Å²) >= 11 is 0. The zero-order valence-corrected chi connectivity index (χ0v) is 16.2. The largest absolute Gasteiger partial charge is 0.300 e. The van der Waals surface area contributed by atoms with Crippen LogP contribution in [0.5, 0.6) is 0 Å². The lowest BCUT2D eigenvalue weighted by atomic mass is 9.39. The van der Waals surface area contributed by atoms with Crippen LogP contribution in [-0.2, 0) is 14.4 Å². The van der Waals surface area contributed by atoms with Gasteiger partial charge in [0.2, 0.25) is 0 Å². The van der Waals surface area contributed by atoms with E-state index in [0.717, 1.165) is 32.1 Å². The van der Waals surface area contributed by atoms with Crippen molar-refractivity contribution < 1.29 is 14.4 Å². The average molecular weight is 344 g/mol. The summed E-state index contributed by atoms with van der Waals surface area (Å²) in [5.41, 5.74) is -0.171. The molecule has 0 amide bonds. The van der Waals surface area contributed by atoms with Crippen LogP contribution in [0.1, 0.15) is 79.1 Å². The van der Waals surface area contributed by atoms with Crippen LogP contribution in [-0.4, -0.2) is 17.3 Å². The molecule has 0 radical (unpaired) electrons. The van der Waals surface area contributed by atoms with Gasteiger partial charge in [0.25, 0.3) is 0 Å². The number of carbonyl (C=O) groups excluding carboxylic acids is 3. The standard InChI is InChI=1S/C22H32O3/c1-13(23)16-5-6-18-21(3)9-7-14-11-15(24)8-10-20(14,2)19(21)17(25)12-22(16,18)4/h14,16,18-19H,5-12H2,1-4H3/t14-,16+,18+,19+,20-,21-,22+/m0/s1. The zero-order valence-electron chi connectivity index (χ0n) is 16.2. The normalized spacial score (nSPS) is 52.3. The van der Waals surface area contributed by atoms with Crippen molar-refractivity contribution in [3.63, 3.8) is 0 Å². The van der Waals surface area contributed by atoms with Gasteiger partial charge in [0.1, 0.15) is 17.3 Å². The molecule has 138 valence electrons. The highest BCUT2D eigenvalue weighted by Gasteiger charge is 2.68. The molecule has 25 heavy (non-hydrogen) atoms. The fourth-order valence-corrected chi connectivity index (χ4v) is 8.24. The lowest BCUT2D eigenvalue weighted by Crippen LogP contribution is -2.62. The molecule has 0 heterocycles. The number of ketones is 3. The molecule has 0 spiro atoms. The molecule has 4 rings (SSSR count). The van der Waals surface area contributed by atoms with Gasteiger partial charge in [-0.15, -0.1) is 0 Å². The van der Waals surface area contributed by atoms with E-state index in [2.05, 4.69) is 20.8 Å². The zero-order chi connectivity index (χ0) is 18.2. The van der Waals surface area contributed by atoms with Gasteiger partial charge in [0, 0.05) is 31.1 Å². The minimum atomic E-state index is -0.151. The summed E-state index contributed by atoms with van der Waals surface area (Å²) < 4.78 is 0. The summed E-state index contributed by atoms with van der Waals surface area (Å²) in [4.78, 5) is 37.8. The smallest absolute Gasteiger partial charge is 0.137 e. The molecule has 4 fully saturated rings. The molecular formula is C22H32O3. The fourth-order valence-electron chi connectivity index (χ4n) is 8.24. The molecule has 0 saturated heterocycles. The maximum atomic E-state index is 13.5. The Morgan fingerprint density at radius 1 is 0.960 bits per heavy atom. The van der Waals surface area contributed by atoms with E-state index in [9.17, 15) is 14.4 Å². The van der Waals surface area contributed by atoms with Gasteiger partial charge in [-0.3, -0.25) is 14.4 Å². The van der Waals surface area contributed by atoms with E-state index in [-0.39, 0.29) is 33.9 Å². The minimum absolute atomic E-state index is 0.0000784. The SMILES string of the molecule is CC(=O)[C@H]1CC[C@@H]2[C@]3(C)CC[C@H]4CC(=O)CC[C@]4(C)[C@H]3C(=O)C[C@@]21C. The molecule has 0 aromatic heterocycles. The summed E-state index contributed by atoms with van der Waals surface area (Å²) in [6.07, 6.45) is 6.91. The molecule has 0 aliphatic heterocycles. The van der Waals surface area contributed by atoms with Gasteiger partial charge in [0.05, 0.1) is 0 Å². The topological polar surface area (TPSA) is 51.2 Å². The lowest BCUT2D eigenvalue weighted by molar-refractivity contribution is -0.180. The molecule has 0 aromatic carbocycles. The first-order valence-corrected chi connectivity index (χ1v) is 10.2. The Kier molecular flexibility index (Phi) is 3.67. The lowest BCUT2D eigenvalue weighted by Gasteiger charge is -2.64. The Hall–Kier alpha value is -0.990. The molecule has 0 bridgehead atoms. The van der Waals surface area contributed by atoms with Crippen molar-refractivity contribution in [3.05, 3.63) is 0 Å². The Labute approximate surface area is 151 Å². The van der Waals surface area contributed by atoms with Gasteiger partial charge >= 0.3 is 0 Å². The first-order chi connectivity index (χ1) is 11.6. The quantitative estimate of drug-likeness (QED) is 0.709. The summed E-state index contributed by atoms with van der Waals surface area (Å²) in [7, 11) is 0. The monoisotopic (exact) mass is 344 g/mol. The maximum absolute atomic E-state index is 13.5.